The monoisotopic (exact) mass is 449 g/mol. The number of alkyl halides is 3. The highest BCUT2D eigenvalue weighted by Crippen LogP contribution is 2.41. The van der Waals surface area contributed by atoms with Crippen molar-refractivity contribution in [2.75, 3.05) is 13.1 Å². The molecule has 1 saturated heterocycles. The van der Waals surface area contributed by atoms with Gasteiger partial charge in [0, 0.05) is 50.1 Å². The van der Waals surface area contributed by atoms with Crippen molar-refractivity contribution in [2.24, 2.45) is 0 Å². The number of nitrogens with zero attached hydrogens (tertiary/aromatic N) is 5. The van der Waals surface area contributed by atoms with Gasteiger partial charge in [-0.25, -0.2) is 9.97 Å². The molecule has 4 rings (SSSR count). The molecular weight excluding hydrogens is 423 g/mol. The first-order valence-electron chi connectivity index (χ1n) is 10.8. The number of aromatic nitrogens is 4. The summed E-state index contributed by atoms with van der Waals surface area (Å²) in [5, 5.41) is 3.94. The van der Waals surface area contributed by atoms with Gasteiger partial charge in [-0.05, 0) is 31.2 Å². The van der Waals surface area contributed by atoms with Gasteiger partial charge in [0.15, 0.2) is 0 Å². The molecule has 0 radical (unpaired) electrons. The fourth-order valence-electron chi connectivity index (χ4n) is 4.18. The van der Waals surface area contributed by atoms with Crippen LogP contribution in [0, 0.1) is 0 Å². The number of hydrogen-bond donors (Lipinski definition) is 0. The van der Waals surface area contributed by atoms with Crippen molar-refractivity contribution in [3.8, 4) is 0 Å². The lowest BCUT2D eigenvalue weighted by Gasteiger charge is -2.31. The van der Waals surface area contributed by atoms with E-state index in [1.807, 2.05) is 10.8 Å². The quantitative estimate of drug-likeness (QED) is 0.543. The van der Waals surface area contributed by atoms with Gasteiger partial charge in [0.05, 0.1) is 23.0 Å². The van der Waals surface area contributed by atoms with E-state index in [0.29, 0.717) is 50.2 Å². The Hall–Kier alpha value is -2.91. The Morgan fingerprint density at radius 1 is 1.28 bits per heavy atom. The van der Waals surface area contributed by atoms with Crippen molar-refractivity contribution in [1.82, 2.24) is 24.6 Å². The smallest absolute Gasteiger partial charge is 0.343 e. The zero-order chi connectivity index (χ0) is 22.9. The summed E-state index contributed by atoms with van der Waals surface area (Å²) >= 11 is 0. The molecule has 0 atom stereocenters. The minimum atomic E-state index is -4.53. The molecule has 3 aromatic heterocycles. The van der Waals surface area contributed by atoms with Crippen molar-refractivity contribution < 1.29 is 22.5 Å². The molecule has 0 N–H and O–H groups in total. The van der Waals surface area contributed by atoms with Crippen molar-refractivity contribution >= 4 is 17.0 Å². The van der Waals surface area contributed by atoms with Crippen LogP contribution in [-0.4, -0.2) is 43.6 Å². The van der Waals surface area contributed by atoms with E-state index in [4.69, 9.17) is 4.52 Å². The molecular formula is C22H26F3N5O2. The number of rotatable bonds is 6. The number of likely N-dealkylation sites (tertiary alicyclic amines) is 1. The summed E-state index contributed by atoms with van der Waals surface area (Å²) in [6.45, 7) is 5.27. The molecule has 1 aliphatic rings. The van der Waals surface area contributed by atoms with Gasteiger partial charge >= 0.3 is 6.18 Å². The summed E-state index contributed by atoms with van der Waals surface area (Å²) in [5.74, 6) is -0.316. The highest BCUT2D eigenvalue weighted by atomic mass is 19.4. The molecule has 4 heterocycles. The molecule has 3 aromatic rings. The van der Waals surface area contributed by atoms with Crippen LogP contribution in [0.5, 0.6) is 0 Å². The zero-order valence-electron chi connectivity index (χ0n) is 18.1. The summed E-state index contributed by atoms with van der Waals surface area (Å²) in [6, 6.07) is 1.10. The molecule has 0 saturated carbocycles. The summed E-state index contributed by atoms with van der Waals surface area (Å²) in [7, 11) is 0. The Kier molecular flexibility index (Phi) is 6.21. The normalized spacial score (nSPS) is 15.8. The van der Waals surface area contributed by atoms with Gasteiger partial charge in [-0.3, -0.25) is 4.79 Å². The maximum atomic E-state index is 13.8. The van der Waals surface area contributed by atoms with E-state index in [2.05, 4.69) is 15.1 Å². The Balaban J connectivity index is 1.45. The fraction of sp³-hybridized carbons (Fsp3) is 0.545. The minimum Gasteiger partial charge on any atom is -0.343 e. The summed E-state index contributed by atoms with van der Waals surface area (Å²) in [5.41, 5.74) is -0.206. The standard InChI is InChI=1S/C22H26F3N5O2/c1-14(2)17-12-16(22(23,24)25)19-20(28-32-21(19)27-17)15-5-9-30(10-6-15)18(31)4-3-8-29-11-7-26-13-29/h7,11-15H,3-6,8-10H2,1-2H3. The van der Waals surface area contributed by atoms with Gasteiger partial charge in [-0.2, -0.15) is 13.2 Å². The third kappa shape index (κ3) is 4.63. The van der Waals surface area contributed by atoms with Gasteiger partial charge in [-0.15, -0.1) is 0 Å². The van der Waals surface area contributed by atoms with E-state index in [9.17, 15) is 18.0 Å². The van der Waals surface area contributed by atoms with Crippen molar-refractivity contribution in [3.05, 3.63) is 41.7 Å². The van der Waals surface area contributed by atoms with Crippen LogP contribution in [0.1, 0.15) is 68.3 Å². The van der Waals surface area contributed by atoms with Crippen LogP contribution in [-0.2, 0) is 17.5 Å². The SMILES string of the molecule is CC(C)c1cc(C(F)(F)F)c2c(C3CCN(C(=O)CCCn4ccnc4)CC3)noc2n1. The largest absolute Gasteiger partial charge is 0.417 e. The molecule has 10 heteroatoms. The van der Waals surface area contributed by atoms with E-state index >= 15 is 0 Å². The molecule has 1 aliphatic heterocycles. The number of carbonyl (C=O) groups excluding carboxylic acids is 1. The first kappa shape index (κ1) is 22.3. The molecule has 172 valence electrons. The van der Waals surface area contributed by atoms with E-state index in [1.165, 1.54) is 0 Å². The second-order valence-electron chi connectivity index (χ2n) is 8.55. The van der Waals surface area contributed by atoms with Gasteiger partial charge in [0.2, 0.25) is 5.91 Å². The van der Waals surface area contributed by atoms with E-state index in [0.717, 1.165) is 12.6 Å². The van der Waals surface area contributed by atoms with Gasteiger partial charge in [-0.1, -0.05) is 19.0 Å². The van der Waals surface area contributed by atoms with Crippen molar-refractivity contribution in [1.29, 1.82) is 0 Å². The average molecular weight is 449 g/mol. The first-order valence-corrected chi connectivity index (χ1v) is 10.8. The molecule has 0 spiro atoms. The van der Waals surface area contributed by atoms with Crippen LogP contribution in [0.4, 0.5) is 13.2 Å². The molecule has 7 nitrogen and oxygen atoms in total. The summed E-state index contributed by atoms with van der Waals surface area (Å²) < 4.78 is 48.6. The fourth-order valence-corrected chi connectivity index (χ4v) is 4.18. The number of hydrogen-bond acceptors (Lipinski definition) is 5. The lowest BCUT2D eigenvalue weighted by Crippen LogP contribution is -2.38. The number of aryl methyl sites for hydroxylation is 1. The second-order valence-corrected chi connectivity index (χ2v) is 8.55. The highest BCUT2D eigenvalue weighted by Gasteiger charge is 2.38. The van der Waals surface area contributed by atoms with E-state index < -0.39 is 11.7 Å². The molecule has 1 fully saturated rings. The van der Waals surface area contributed by atoms with Gasteiger partial charge in [0.25, 0.3) is 5.71 Å². The number of piperidine rings is 1. The topological polar surface area (TPSA) is 77.0 Å². The molecule has 0 unspecified atom stereocenters. The number of carbonyl (C=O) groups is 1. The van der Waals surface area contributed by atoms with Gasteiger partial charge in [0.1, 0.15) is 0 Å². The third-order valence-corrected chi connectivity index (χ3v) is 5.99. The van der Waals surface area contributed by atoms with Crippen LogP contribution in [0.2, 0.25) is 0 Å². The van der Waals surface area contributed by atoms with E-state index in [1.54, 1.807) is 31.3 Å². The molecule has 32 heavy (non-hydrogen) atoms. The number of halogens is 3. The highest BCUT2D eigenvalue weighted by molar-refractivity contribution is 5.82. The predicted octanol–water partition coefficient (Wildman–Crippen LogP) is 4.75. The number of amides is 1. The summed E-state index contributed by atoms with van der Waals surface area (Å²) in [6.07, 6.45) is 2.95. The van der Waals surface area contributed by atoms with Crippen LogP contribution >= 0.6 is 0 Å². The van der Waals surface area contributed by atoms with Crippen molar-refractivity contribution in [2.45, 2.75) is 64.1 Å². The number of fused-ring (bicyclic) bond motifs is 1. The Bertz CT molecular complexity index is 1070. The number of pyridine rings is 1. The van der Waals surface area contributed by atoms with Crippen molar-refractivity contribution in [3.63, 3.8) is 0 Å². The maximum absolute atomic E-state index is 13.8. The Morgan fingerprint density at radius 3 is 2.66 bits per heavy atom. The predicted molar refractivity (Wildman–Crippen MR) is 111 cm³/mol. The van der Waals surface area contributed by atoms with Crippen LogP contribution in [0.3, 0.4) is 0 Å². The lowest BCUT2D eigenvalue weighted by atomic mass is 9.90. The lowest BCUT2D eigenvalue weighted by molar-refractivity contribution is -0.136. The molecule has 0 aliphatic carbocycles. The first-order chi connectivity index (χ1) is 15.2. The molecule has 1 amide bonds. The minimum absolute atomic E-state index is 0.0491. The molecule has 0 bridgehead atoms. The van der Waals surface area contributed by atoms with Crippen LogP contribution < -0.4 is 0 Å². The van der Waals surface area contributed by atoms with E-state index in [-0.39, 0.29) is 28.8 Å². The summed E-state index contributed by atoms with van der Waals surface area (Å²) in [4.78, 5) is 22.6. The second kappa shape index (κ2) is 8.91. The maximum Gasteiger partial charge on any atom is 0.417 e. The van der Waals surface area contributed by atoms with Crippen LogP contribution in [0.25, 0.3) is 11.1 Å². The third-order valence-electron chi connectivity index (χ3n) is 5.99. The number of imidazole rings is 1. The van der Waals surface area contributed by atoms with Crippen LogP contribution in [0.15, 0.2) is 29.3 Å². The Morgan fingerprint density at radius 2 is 2.03 bits per heavy atom. The molecule has 0 aromatic carbocycles. The van der Waals surface area contributed by atoms with Gasteiger partial charge < -0.3 is 14.0 Å². The zero-order valence-corrected chi connectivity index (χ0v) is 18.1. The Labute approximate surface area is 183 Å². The average Bonchev–Trinajstić information content (AvgIpc) is 3.42.